The third-order valence-electron chi connectivity index (χ3n) is 4.71. The van der Waals surface area contributed by atoms with Gasteiger partial charge in [0, 0.05) is 22.8 Å². The summed E-state index contributed by atoms with van der Waals surface area (Å²) in [5.74, 6) is 0.963. The van der Waals surface area contributed by atoms with Gasteiger partial charge < -0.3 is 4.57 Å². The minimum atomic E-state index is 0.880. The molecule has 4 rings (SSSR count). The second kappa shape index (κ2) is 8.41. The van der Waals surface area contributed by atoms with Crippen LogP contribution in [0.4, 0.5) is 0 Å². The Balaban J connectivity index is 1.65. The molecule has 3 aromatic carbocycles. The van der Waals surface area contributed by atoms with Crippen molar-refractivity contribution in [3.05, 3.63) is 101 Å². The first-order chi connectivity index (χ1) is 13.7. The number of imidazole rings is 1. The number of hydrogen-bond donors (Lipinski definition) is 0. The summed E-state index contributed by atoms with van der Waals surface area (Å²) < 4.78 is 3.26. The second-order valence-corrected chi connectivity index (χ2v) is 7.52. The van der Waals surface area contributed by atoms with Crippen molar-refractivity contribution < 1.29 is 0 Å². The molecule has 1 aromatic heterocycles. The van der Waals surface area contributed by atoms with E-state index >= 15 is 0 Å². The molecule has 0 aliphatic rings. The maximum atomic E-state index is 4.89. The van der Waals surface area contributed by atoms with Crippen molar-refractivity contribution in [1.82, 2.24) is 9.55 Å². The Morgan fingerprint density at radius 1 is 0.821 bits per heavy atom. The van der Waals surface area contributed by atoms with Crippen LogP contribution in [0.1, 0.15) is 18.3 Å². The van der Waals surface area contributed by atoms with Crippen molar-refractivity contribution in [1.29, 1.82) is 0 Å². The van der Waals surface area contributed by atoms with Gasteiger partial charge in [0.1, 0.15) is 5.82 Å². The minimum Gasteiger partial charge on any atom is -0.331 e. The molecule has 1 heterocycles. The topological polar surface area (TPSA) is 17.8 Å². The molecule has 0 unspecified atom stereocenters. The van der Waals surface area contributed by atoms with Crippen LogP contribution in [0.15, 0.2) is 89.5 Å². The van der Waals surface area contributed by atoms with E-state index < -0.39 is 0 Å². The molecular weight excluding hydrogens is 408 g/mol. The third kappa shape index (κ3) is 4.15. The molecule has 138 valence electrons. The fraction of sp³-hybridized carbons (Fsp3) is 0.0800. The molecule has 0 fully saturated rings. The van der Waals surface area contributed by atoms with Gasteiger partial charge in [-0.15, -0.1) is 0 Å². The van der Waals surface area contributed by atoms with Gasteiger partial charge in [0.15, 0.2) is 0 Å². The zero-order chi connectivity index (χ0) is 19.3. The van der Waals surface area contributed by atoms with E-state index in [1.54, 1.807) is 0 Å². The van der Waals surface area contributed by atoms with Crippen LogP contribution in [-0.2, 0) is 6.54 Å². The molecule has 0 bridgehead atoms. The quantitative estimate of drug-likeness (QED) is 0.329. The third-order valence-corrected chi connectivity index (χ3v) is 5.24. The SMILES string of the molecule is CCn1cc(-c2cccc(-c3ccccc3)c2)nc1C=Cc1ccc(Br)cc1. The predicted molar refractivity (Wildman–Crippen MR) is 122 cm³/mol. The molecule has 0 radical (unpaired) electrons. The standard InChI is InChI=1S/C25H21BrN2/c1-2-28-18-24(27-25(28)16-13-19-11-14-23(26)15-12-19)22-10-6-9-21(17-22)20-7-4-3-5-8-20/h3-18H,2H2,1H3. The highest BCUT2D eigenvalue weighted by Gasteiger charge is 2.08. The molecule has 0 aliphatic carbocycles. The second-order valence-electron chi connectivity index (χ2n) is 6.60. The van der Waals surface area contributed by atoms with E-state index in [1.165, 1.54) is 11.1 Å². The maximum Gasteiger partial charge on any atom is 0.133 e. The van der Waals surface area contributed by atoms with Crippen molar-refractivity contribution in [2.45, 2.75) is 13.5 Å². The van der Waals surface area contributed by atoms with Gasteiger partial charge in [0.05, 0.1) is 5.69 Å². The largest absolute Gasteiger partial charge is 0.331 e. The highest BCUT2D eigenvalue weighted by atomic mass is 79.9. The molecule has 0 aliphatic heterocycles. The van der Waals surface area contributed by atoms with Gasteiger partial charge in [-0.3, -0.25) is 0 Å². The molecule has 0 amide bonds. The Morgan fingerprint density at radius 3 is 2.29 bits per heavy atom. The van der Waals surface area contributed by atoms with Gasteiger partial charge in [-0.05, 0) is 47.9 Å². The summed E-state index contributed by atoms with van der Waals surface area (Å²) in [5.41, 5.74) is 5.70. The van der Waals surface area contributed by atoms with E-state index in [9.17, 15) is 0 Å². The van der Waals surface area contributed by atoms with E-state index in [-0.39, 0.29) is 0 Å². The minimum absolute atomic E-state index is 0.880. The molecular formula is C25H21BrN2. The highest BCUT2D eigenvalue weighted by Crippen LogP contribution is 2.26. The van der Waals surface area contributed by atoms with Crippen LogP contribution in [0.3, 0.4) is 0 Å². The first kappa shape index (κ1) is 18.5. The van der Waals surface area contributed by atoms with Crippen LogP contribution in [0, 0.1) is 0 Å². The number of nitrogens with zero attached hydrogens (tertiary/aromatic N) is 2. The summed E-state index contributed by atoms with van der Waals surface area (Å²) in [6.45, 7) is 3.02. The molecule has 2 nitrogen and oxygen atoms in total. The van der Waals surface area contributed by atoms with Crippen molar-refractivity contribution in [3.8, 4) is 22.4 Å². The van der Waals surface area contributed by atoms with Crippen LogP contribution in [0.5, 0.6) is 0 Å². The Labute approximate surface area is 174 Å². The van der Waals surface area contributed by atoms with Crippen LogP contribution < -0.4 is 0 Å². The summed E-state index contributed by atoms with van der Waals surface area (Å²) in [6.07, 6.45) is 6.31. The lowest BCUT2D eigenvalue weighted by Gasteiger charge is -2.03. The average molecular weight is 429 g/mol. The molecule has 0 atom stereocenters. The molecule has 28 heavy (non-hydrogen) atoms. The molecule has 3 heteroatoms. The van der Waals surface area contributed by atoms with Gasteiger partial charge in [0.2, 0.25) is 0 Å². The lowest BCUT2D eigenvalue weighted by atomic mass is 10.0. The van der Waals surface area contributed by atoms with Crippen molar-refractivity contribution in [2.24, 2.45) is 0 Å². The number of rotatable bonds is 5. The van der Waals surface area contributed by atoms with Crippen LogP contribution in [0.25, 0.3) is 34.5 Å². The maximum absolute atomic E-state index is 4.89. The molecule has 0 saturated heterocycles. The fourth-order valence-electron chi connectivity index (χ4n) is 3.19. The van der Waals surface area contributed by atoms with Crippen molar-refractivity contribution >= 4 is 28.1 Å². The van der Waals surface area contributed by atoms with Gasteiger partial charge in [-0.25, -0.2) is 4.98 Å². The normalized spacial score (nSPS) is 11.2. The summed E-state index contributed by atoms with van der Waals surface area (Å²) in [4.78, 5) is 4.89. The molecule has 4 aromatic rings. The lowest BCUT2D eigenvalue weighted by molar-refractivity contribution is 0.753. The molecule has 0 spiro atoms. The molecule has 0 saturated carbocycles. The van der Waals surface area contributed by atoms with E-state index in [4.69, 9.17) is 4.98 Å². The Hall–Kier alpha value is -2.91. The van der Waals surface area contributed by atoms with E-state index in [1.807, 2.05) is 18.2 Å². The Kier molecular flexibility index (Phi) is 5.54. The fourth-order valence-corrected chi connectivity index (χ4v) is 3.45. The summed E-state index contributed by atoms with van der Waals surface area (Å²) in [6, 6.07) is 27.3. The average Bonchev–Trinajstić information content (AvgIpc) is 3.17. The summed E-state index contributed by atoms with van der Waals surface area (Å²) in [5, 5.41) is 0. The van der Waals surface area contributed by atoms with E-state index in [0.717, 1.165) is 33.7 Å². The predicted octanol–water partition coefficient (Wildman–Crippen LogP) is 7.17. The smallest absolute Gasteiger partial charge is 0.133 e. The highest BCUT2D eigenvalue weighted by molar-refractivity contribution is 9.10. The lowest BCUT2D eigenvalue weighted by Crippen LogP contribution is -1.94. The Morgan fingerprint density at radius 2 is 1.54 bits per heavy atom. The van der Waals surface area contributed by atoms with Gasteiger partial charge >= 0.3 is 0 Å². The summed E-state index contributed by atoms with van der Waals surface area (Å²) >= 11 is 3.48. The number of halogens is 1. The van der Waals surface area contributed by atoms with Gasteiger partial charge in [-0.2, -0.15) is 0 Å². The number of aryl methyl sites for hydroxylation is 1. The monoisotopic (exact) mass is 428 g/mol. The zero-order valence-electron chi connectivity index (χ0n) is 15.7. The van der Waals surface area contributed by atoms with Crippen molar-refractivity contribution in [2.75, 3.05) is 0 Å². The van der Waals surface area contributed by atoms with Crippen LogP contribution >= 0.6 is 15.9 Å². The van der Waals surface area contributed by atoms with E-state index in [0.29, 0.717) is 0 Å². The number of aromatic nitrogens is 2. The van der Waals surface area contributed by atoms with Crippen molar-refractivity contribution in [3.63, 3.8) is 0 Å². The first-order valence-electron chi connectivity index (χ1n) is 9.39. The van der Waals surface area contributed by atoms with E-state index in [2.05, 4.69) is 106 Å². The Bertz CT molecular complexity index is 1090. The number of hydrogen-bond acceptors (Lipinski definition) is 1. The first-order valence-corrected chi connectivity index (χ1v) is 10.2. The van der Waals surface area contributed by atoms with Gasteiger partial charge in [-0.1, -0.05) is 82.7 Å². The van der Waals surface area contributed by atoms with Crippen LogP contribution in [0.2, 0.25) is 0 Å². The number of benzene rings is 3. The van der Waals surface area contributed by atoms with Gasteiger partial charge in [0.25, 0.3) is 0 Å². The molecule has 0 N–H and O–H groups in total. The van der Waals surface area contributed by atoms with Crippen LogP contribution in [-0.4, -0.2) is 9.55 Å². The summed E-state index contributed by atoms with van der Waals surface area (Å²) in [7, 11) is 0. The zero-order valence-corrected chi connectivity index (χ0v) is 17.3.